The average Bonchev–Trinajstić information content (AvgIpc) is 2.87. The van der Waals surface area contributed by atoms with Gasteiger partial charge >= 0.3 is 0 Å². The fourth-order valence-electron chi connectivity index (χ4n) is 2.15. The van der Waals surface area contributed by atoms with E-state index >= 15 is 0 Å². The summed E-state index contributed by atoms with van der Waals surface area (Å²) in [6, 6.07) is 6.35. The van der Waals surface area contributed by atoms with Crippen LogP contribution in [0.3, 0.4) is 0 Å². The Kier molecular flexibility index (Phi) is 2.33. The van der Waals surface area contributed by atoms with Crippen molar-refractivity contribution < 1.29 is 0 Å². The van der Waals surface area contributed by atoms with Crippen LogP contribution in [0.2, 0.25) is 0 Å². The van der Waals surface area contributed by atoms with E-state index in [0.717, 1.165) is 17.3 Å². The molecule has 3 N–H and O–H groups in total. The molecule has 0 bridgehead atoms. The van der Waals surface area contributed by atoms with Crippen LogP contribution in [0, 0.1) is 0 Å². The van der Waals surface area contributed by atoms with Crippen LogP contribution in [-0.2, 0) is 6.42 Å². The van der Waals surface area contributed by atoms with Gasteiger partial charge in [-0.25, -0.2) is 0 Å². The lowest BCUT2D eigenvalue weighted by Gasteiger charge is -2.06. The molecule has 1 heterocycles. The first-order valence-corrected chi connectivity index (χ1v) is 6.50. The van der Waals surface area contributed by atoms with Crippen LogP contribution in [0.1, 0.15) is 24.8 Å². The molecule has 84 valence electrons. The number of fused-ring (bicyclic) bond motifs is 1. The Labute approximate surface area is 103 Å². The first kappa shape index (κ1) is 10.4. The summed E-state index contributed by atoms with van der Waals surface area (Å²) in [5.41, 5.74) is 8.86. The fraction of sp³-hybridized carbons (Fsp3) is 0.385. The van der Waals surface area contributed by atoms with E-state index in [1.165, 1.54) is 29.3 Å². The maximum atomic E-state index is 6.12. The van der Waals surface area contributed by atoms with Gasteiger partial charge in [-0.1, -0.05) is 15.9 Å². The summed E-state index contributed by atoms with van der Waals surface area (Å²) in [5, 5.41) is 1.32. The number of aryl methyl sites for hydroxylation is 1. The summed E-state index contributed by atoms with van der Waals surface area (Å²) in [6.07, 6.45) is 6.68. The molecule has 0 radical (unpaired) electrons. The van der Waals surface area contributed by atoms with Crippen LogP contribution in [0.4, 0.5) is 0 Å². The Hall–Kier alpha value is -0.800. The van der Waals surface area contributed by atoms with Gasteiger partial charge in [-0.2, -0.15) is 0 Å². The molecule has 0 spiro atoms. The zero-order valence-electron chi connectivity index (χ0n) is 9.09. The van der Waals surface area contributed by atoms with Crippen molar-refractivity contribution in [1.29, 1.82) is 0 Å². The third kappa shape index (κ3) is 1.89. The van der Waals surface area contributed by atoms with E-state index in [1.54, 1.807) is 0 Å². The van der Waals surface area contributed by atoms with E-state index in [2.05, 4.69) is 45.3 Å². The first-order chi connectivity index (χ1) is 7.66. The molecule has 1 aliphatic rings. The average molecular weight is 279 g/mol. The van der Waals surface area contributed by atoms with Crippen LogP contribution >= 0.6 is 15.9 Å². The van der Waals surface area contributed by atoms with Gasteiger partial charge in [-0.3, -0.25) is 0 Å². The Bertz CT molecular complexity index is 526. The number of aromatic nitrogens is 1. The van der Waals surface area contributed by atoms with Crippen LogP contribution in [-0.4, -0.2) is 10.5 Å². The molecule has 0 saturated heterocycles. The molecule has 0 aliphatic heterocycles. The molecule has 0 amide bonds. The number of hydrogen-bond acceptors (Lipinski definition) is 1. The number of nitrogens with one attached hydrogen (secondary N) is 1. The van der Waals surface area contributed by atoms with Gasteiger partial charge in [0.2, 0.25) is 0 Å². The van der Waals surface area contributed by atoms with Gasteiger partial charge in [0.05, 0.1) is 0 Å². The van der Waals surface area contributed by atoms with Crippen molar-refractivity contribution in [3.8, 4) is 0 Å². The van der Waals surface area contributed by atoms with E-state index in [4.69, 9.17) is 5.73 Å². The minimum absolute atomic E-state index is 0.148. The minimum Gasteiger partial charge on any atom is -0.361 e. The summed E-state index contributed by atoms with van der Waals surface area (Å²) in [4.78, 5) is 3.31. The predicted molar refractivity (Wildman–Crippen MR) is 70.5 cm³/mol. The number of H-pyrrole nitrogens is 1. The molecule has 1 aliphatic carbocycles. The quantitative estimate of drug-likeness (QED) is 0.888. The number of rotatable bonds is 3. The molecule has 1 fully saturated rings. The molecule has 1 saturated carbocycles. The monoisotopic (exact) mass is 278 g/mol. The van der Waals surface area contributed by atoms with Gasteiger partial charge in [0.15, 0.2) is 0 Å². The van der Waals surface area contributed by atoms with Crippen molar-refractivity contribution >= 4 is 26.8 Å². The second-order valence-electron chi connectivity index (χ2n) is 4.87. The highest BCUT2D eigenvalue weighted by atomic mass is 79.9. The normalized spacial score (nSPS) is 17.9. The fourth-order valence-corrected chi connectivity index (χ4v) is 2.51. The van der Waals surface area contributed by atoms with E-state index in [0.29, 0.717) is 0 Å². The zero-order valence-corrected chi connectivity index (χ0v) is 10.7. The summed E-state index contributed by atoms with van der Waals surface area (Å²) in [5.74, 6) is 0. The second-order valence-corrected chi connectivity index (χ2v) is 5.78. The predicted octanol–water partition coefficient (Wildman–Crippen LogP) is 3.35. The van der Waals surface area contributed by atoms with E-state index < -0.39 is 0 Å². The van der Waals surface area contributed by atoms with Crippen LogP contribution in [0.15, 0.2) is 28.9 Å². The molecule has 0 atom stereocenters. The van der Waals surface area contributed by atoms with E-state index in [-0.39, 0.29) is 5.54 Å². The molecule has 1 aromatic heterocycles. The Morgan fingerprint density at radius 3 is 2.94 bits per heavy atom. The summed E-state index contributed by atoms with van der Waals surface area (Å²) in [6.45, 7) is 0. The molecular weight excluding hydrogens is 264 g/mol. The first-order valence-electron chi connectivity index (χ1n) is 5.71. The Morgan fingerprint density at radius 2 is 2.19 bits per heavy atom. The van der Waals surface area contributed by atoms with E-state index in [1.807, 2.05) is 0 Å². The highest BCUT2D eigenvalue weighted by Gasteiger charge is 2.37. The maximum absolute atomic E-state index is 6.12. The third-order valence-corrected chi connectivity index (χ3v) is 4.01. The van der Waals surface area contributed by atoms with Crippen LogP contribution < -0.4 is 5.73 Å². The SMILES string of the molecule is NC1(CCc2c[nH]c3ccc(Br)cc23)CC1. The number of halogens is 1. The van der Waals surface area contributed by atoms with Crippen molar-refractivity contribution in [2.75, 3.05) is 0 Å². The molecule has 3 rings (SSSR count). The summed E-state index contributed by atoms with van der Waals surface area (Å²) >= 11 is 3.52. The highest BCUT2D eigenvalue weighted by Crippen LogP contribution is 2.37. The molecule has 1 aromatic carbocycles. The van der Waals surface area contributed by atoms with Gasteiger partial charge in [-0.15, -0.1) is 0 Å². The lowest BCUT2D eigenvalue weighted by Crippen LogP contribution is -2.21. The molecular formula is C13H15BrN2. The Balaban J connectivity index is 1.88. The minimum atomic E-state index is 0.148. The number of benzene rings is 1. The van der Waals surface area contributed by atoms with Gasteiger partial charge in [-0.05, 0) is 49.4 Å². The van der Waals surface area contributed by atoms with E-state index in [9.17, 15) is 0 Å². The van der Waals surface area contributed by atoms with Gasteiger partial charge in [0.1, 0.15) is 0 Å². The lowest BCUT2D eigenvalue weighted by atomic mass is 10.0. The smallest absolute Gasteiger partial charge is 0.0457 e. The lowest BCUT2D eigenvalue weighted by molar-refractivity contribution is 0.610. The van der Waals surface area contributed by atoms with Crippen molar-refractivity contribution in [2.24, 2.45) is 5.73 Å². The molecule has 0 unspecified atom stereocenters. The number of nitrogens with two attached hydrogens (primary N) is 1. The standard InChI is InChI=1S/C13H15BrN2/c14-10-1-2-12-11(7-10)9(8-16-12)3-4-13(15)5-6-13/h1-2,7-8,16H,3-6,15H2. The largest absolute Gasteiger partial charge is 0.361 e. The van der Waals surface area contributed by atoms with Crippen molar-refractivity contribution in [1.82, 2.24) is 4.98 Å². The molecule has 3 heteroatoms. The van der Waals surface area contributed by atoms with Crippen molar-refractivity contribution in [3.63, 3.8) is 0 Å². The number of hydrogen-bond donors (Lipinski definition) is 2. The summed E-state index contributed by atoms with van der Waals surface area (Å²) in [7, 11) is 0. The molecule has 2 nitrogen and oxygen atoms in total. The van der Waals surface area contributed by atoms with Gasteiger partial charge < -0.3 is 10.7 Å². The topological polar surface area (TPSA) is 41.8 Å². The maximum Gasteiger partial charge on any atom is 0.0457 e. The van der Waals surface area contributed by atoms with Crippen molar-refractivity contribution in [3.05, 3.63) is 34.4 Å². The second kappa shape index (κ2) is 3.60. The molecule has 2 aromatic rings. The van der Waals surface area contributed by atoms with Gasteiger partial charge in [0, 0.05) is 27.1 Å². The van der Waals surface area contributed by atoms with Crippen molar-refractivity contribution in [2.45, 2.75) is 31.2 Å². The third-order valence-electron chi connectivity index (χ3n) is 3.51. The molecule has 16 heavy (non-hydrogen) atoms. The summed E-state index contributed by atoms with van der Waals surface area (Å²) < 4.78 is 1.13. The highest BCUT2D eigenvalue weighted by molar-refractivity contribution is 9.10. The zero-order chi connectivity index (χ0) is 11.2. The number of aromatic amines is 1. The van der Waals surface area contributed by atoms with Gasteiger partial charge in [0.25, 0.3) is 0 Å². The van der Waals surface area contributed by atoms with Crippen LogP contribution in [0.25, 0.3) is 10.9 Å². The van der Waals surface area contributed by atoms with Crippen LogP contribution in [0.5, 0.6) is 0 Å². The Morgan fingerprint density at radius 1 is 1.38 bits per heavy atom.